The van der Waals surface area contributed by atoms with Gasteiger partial charge in [-0.15, -0.1) is 11.8 Å². The molecule has 0 aliphatic heterocycles. The molecule has 0 heterocycles. The number of urea groups is 1. The maximum absolute atomic E-state index is 13.9. The van der Waals surface area contributed by atoms with E-state index in [1.165, 1.54) is 11.8 Å². The number of halogens is 5. The largest absolute Gasteiger partial charge is 0.447 e. The number of oxime groups is 1. The second kappa shape index (κ2) is 11.9. The minimum Gasteiger partial charge on any atom is -0.296 e. The zero-order valence-electron chi connectivity index (χ0n) is 18.2. The number of hydrogen-bond donors (Lipinski definition) is 1. The van der Waals surface area contributed by atoms with Crippen molar-refractivity contribution in [3.8, 4) is 0 Å². The number of thioether (sulfide) groups is 1. The Bertz CT molecular complexity index is 1110. The average Bonchev–Trinajstić information content (AvgIpc) is 2.79. The van der Waals surface area contributed by atoms with E-state index in [0.717, 1.165) is 41.7 Å². The lowest BCUT2D eigenvalue weighted by molar-refractivity contribution is -0.137. The van der Waals surface area contributed by atoms with Crippen molar-refractivity contribution in [2.45, 2.75) is 13.1 Å². The van der Waals surface area contributed by atoms with E-state index in [1.807, 2.05) is 0 Å². The maximum Gasteiger partial charge on any atom is 0.447 e. The quantitative estimate of drug-likeness (QED) is 0.132. The summed E-state index contributed by atoms with van der Waals surface area (Å²) in [5.74, 6) is -3.94. The standard InChI is InChI=1S/C20H17F5N4O4S2/c1-11(34-3)27-33-19(32)28(2)35-29(13-9-7-12(8-10-13)20(23,24)25)18(31)26-17(30)16-14(21)5-4-6-15(16)22/h4-10H,1-3H3,(H,26,30,31)/b27-11+. The molecule has 0 atom stereocenters. The summed E-state index contributed by atoms with van der Waals surface area (Å²) in [5, 5.41) is 5.66. The van der Waals surface area contributed by atoms with Gasteiger partial charge in [0.25, 0.3) is 5.91 Å². The van der Waals surface area contributed by atoms with Crippen LogP contribution < -0.4 is 9.62 Å². The van der Waals surface area contributed by atoms with E-state index in [0.29, 0.717) is 33.6 Å². The molecule has 4 amide bonds. The molecule has 2 aromatic rings. The van der Waals surface area contributed by atoms with Crippen LogP contribution in [0.2, 0.25) is 0 Å². The lowest BCUT2D eigenvalue weighted by Gasteiger charge is -2.25. The Labute approximate surface area is 204 Å². The van der Waals surface area contributed by atoms with Crippen molar-refractivity contribution in [2.75, 3.05) is 17.6 Å². The summed E-state index contributed by atoms with van der Waals surface area (Å²) >= 11 is 1.50. The number of imide groups is 1. The summed E-state index contributed by atoms with van der Waals surface area (Å²) in [7, 11) is 1.15. The van der Waals surface area contributed by atoms with Crippen LogP contribution in [0.1, 0.15) is 22.8 Å². The van der Waals surface area contributed by atoms with Gasteiger partial charge in [0.1, 0.15) is 22.2 Å². The molecule has 35 heavy (non-hydrogen) atoms. The van der Waals surface area contributed by atoms with Gasteiger partial charge in [0.05, 0.1) is 23.4 Å². The molecule has 15 heteroatoms. The molecule has 2 aromatic carbocycles. The van der Waals surface area contributed by atoms with Crippen LogP contribution in [0.4, 0.5) is 37.2 Å². The Hall–Kier alpha value is -3.33. The highest BCUT2D eigenvalue weighted by Crippen LogP contribution is 2.32. The van der Waals surface area contributed by atoms with Gasteiger partial charge in [0.15, 0.2) is 0 Å². The van der Waals surface area contributed by atoms with Crippen molar-refractivity contribution in [1.82, 2.24) is 9.62 Å². The highest BCUT2D eigenvalue weighted by atomic mass is 32.2. The van der Waals surface area contributed by atoms with Gasteiger partial charge in [-0.2, -0.15) is 13.2 Å². The molecule has 0 saturated carbocycles. The van der Waals surface area contributed by atoms with Crippen LogP contribution in [0.5, 0.6) is 0 Å². The molecule has 2 rings (SSSR count). The smallest absolute Gasteiger partial charge is 0.296 e. The van der Waals surface area contributed by atoms with E-state index in [-0.39, 0.29) is 5.69 Å². The number of rotatable bonds is 5. The molecule has 8 nitrogen and oxygen atoms in total. The lowest BCUT2D eigenvalue weighted by Crippen LogP contribution is -2.42. The molecule has 0 aliphatic rings. The molecular weight excluding hydrogens is 519 g/mol. The number of carbonyl (C=O) groups is 3. The lowest BCUT2D eigenvalue weighted by atomic mass is 10.2. The zero-order chi connectivity index (χ0) is 26.3. The molecule has 0 unspecified atom stereocenters. The Balaban J connectivity index is 2.33. The van der Waals surface area contributed by atoms with Crippen LogP contribution in [0.3, 0.4) is 0 Å². The summed E-state index contributed by atoms with van der Waals surface area (Å²) in [5.41, 5.74) is -2.27. The second-order valence-electron chi connectivity index (χ2n) is 6.45. The Morgan fingerprint density at radius 2 is 1.60 bits per heavy atom. The van der Waals surface area contributed by atoms with E-state index >= 15 is 0 Å². The first-order valence-electron chi connectivity index (χ1n) is 9.33. The van der Waals surface area contributed by atoms with Gasteiger partial charge in [-0.05, 0) is 49.6 Å². The number of anilines is 1. The number of benzene rings is 2. The number of nitrogens with one attached hydrogen (secondary N) is 1. The maximum atomic E-state index is 13.9. The molecule has 0 aliphatic carbocycles. The molecule has 0 radical (unpaired) electrons. The highest BCUT2D eigenvalue weighted by Gasteiger charge is 2.31. The first kappa shape index (κ1) is 27.9. The second-order valence-corrected chi connectivity index (χ2v) is 8.52. The molecule has 0 spiro atoms. The van der Waals surface area contributed by atoms with Gasteiger partial charge in [0.2, 0.25) is 0 Å². The van der Waals surface area contributed by atoms with Gasteiger partial charge in [0, 0.05) is 7.05 Å². The average molecular weight is 537 g/mol. The fraction of sp³-hybridized carbons (Fsp3) is 0.200. The van der Waals surface area contributed by atoms with E-state index in [9.17, 15) is 36.3 Å². The zero-order valence-corrected chi connectivity index (χ0v) is 19.9. The number of alkyl halides is 3. The van der Waals surface area contributed by atoms with Gasteiger partial charge >= 0.3 is 18.3 Å². The first-order valence-corrected chi connectivity index (χ1v) is 11.3. The molecule has 1 N–H and O–H groups in total. The van der Waals surface area contributed by atoms with E-state index in [2.05, 4.69) is 9.99 Å². The first-order chi connectivity index (χ1) is 16.3. The van der Waals surface area contributed by atoms with Crippen molar-refractivity contribution in [3.63, 3.8) is 0 Å². The van der Waals surface area contributed by atoms with Gasteiger partial charge in [-0.1, -0.05) is 11.2 Å². The summed E-state index contributed by atoms with van der Waals surface area (Å²) in [6.07, 6.45) is -4.05. The normalized spacial score (nSPS) is 11.6. The third kappa shape index (κ3) is 7.58. The minimum absolute atomic E-state index is 0.203. The summed E-state index contributed by atoms with van der Waals surface area (Å²) in [4.78, 5) is 42.0. The van der Waals surface area contributed by atoms with Crippen molar-refractivity contribution >= 4 is 52.7 Å². The molecule has 0 bridgehead atoms. The summed E-state index contributed by atoms with van der Waals surface area (Å²) < 4.78 is 67.9. The van der Waals surface area contributed by atoms with Crippen molar-refractivity contribution < 1.29 is 41.2 Å². The van der Waals surface area contributed by atoms with Crippen LogP contribution in [0.25, 0.3) is 0 Å². The van der Waals surface area contributed by atoms with Crippen molar-refractivity contribution in [2.24, 2.45) is 5.16 Å². The van der Waals surface area contributed by atoms with Crippen LogP contribution in [0.15, 0.2) is 47.6 Å². The fourth-order valence-corrected chi connectivity index (χ4v) is 3.06. The van der Waals surface area contributed by atoms with Crippen LogP contribution >= 0.6 is 23.9 Å². The fourth-order valence-electron chi connectivity index (χ4n) is 2.27. The molecular formula is C20H17F5N4O4S2. The van der Waals surface area contributed by atoms with Crippen LogP contribution in [-0.4, -0.2) is 40.7 Å². The van der Waals surface area contributed by atoms with Gasteiger partial charge in [-0.3, -0.25) is 14.9 Å². The summed E-state index contributed by atoms with van der Waals surface area (Å²) in [6, 6.07) is 4.42. The minimum atomic E-state index is -4.66. The van der Waals surface area contributed by atoms with E-state index in [4.69, 9.17) is 0 Å². The monoisotopic (exact) mass is 536 g/mol. The van der Waals surface area contributed by atoms with Gasteiger partial charge < -0.3 is 0 Å². The molecule has 0 saturated heterocycles. The highest BCUT2D eigenvalue weighted by molar-refractivity contribution is 8.13. The number of amides is 4. The molecule has 188 valence electrons. The number of hydrogen-bond acceptors (Lipinski definition) is 7. The SMILES string of the molecule is CS/C(C)=N/OC(=O)N(C)SN(C(=O)NC(=O)c1c(F)cccc1F)c1ccc(C(F)(F)F)cc1. The third-order valence-electron chi connectivity index (χ3n) is 4.03. The third-order valence-corrected chi connectivity index (χ3v) is 5.63. The van der Waals surface area contributed by atoms with E-state index in [1.54, 1.807) is 18.5 Å². The Morgan fingerprint density at radius 3 is 2.11 bits per heavy atom. The van der Waals surface area contributed by atoms with E-state index < -0.39 is 47.0 Å². The topological polar surface area (TPSA) is 91.3 Å². The summed E-state index contributed by atoms with van der Waals surface area (Å²) in [6.45, 7) is 1.56. The predicted octanol–water partition coefficient (Wildman–Crippen LogP) is 5.67. The van der Waals surface area contributed by atoms with Crippen LogP contribution in [-0.2, 0) is 11.0 Å². The van der Waals surface area contributed by atoms with Crippen LogP contribution in [0, 0.1) is 11.6 Å². The van der Waals surface area contributed by atoms with Crippen molar-refractivity contribution in [3.05, 3.63) is 65.2 Å². The van der Waals surface area contributed by atoms with Gasteiger partial charge in [-0.25, -0.2) is 27.0 Å². The molecule has 0 aromatic heterocycles. The predicted molar refractivity (Wildman–Crippen MR) is 122 cm³/mol. The number of nitrogens with zero attached hydrogens (tertiary/aromatic N) is 3. The van der Waals surface area contributed by atoms with Crippen molar-refractivity contribution in [1.29, 1.82) is 0 Å². The Kier molecular flexibility index (Phi) is 9.47. The number of carbonyl (C=O) groups excluding carboxylic acids is 3. The Morgan fingerprint density at radius 1 is 1.03 bits per heavy atom. The molecule has 0 fully saturated rings.